The lowest BCUT2D eigenvalue weighted by molar-refractivity contribution is -0.117. The molecule has 0 aliphatic rings. The molecular weight excluding hydrogens is 301 g/mol. The molecule has 0 saturated carbocycles. The summed E-state index contributed by atoms with van der Waals surface area (Å²) in [5.41, 5.74) is 6.49. The van der Waals surface area contributed by atoms with Gasteiger partial charge in [0, 0.05) is 6.20 Å². The van der Waals surface area contributed by atoms with Crippen molar-refractivity contribution in [2.45, 2.75) is 26.3 Å². The first kappa shape index (κ1) is 18.6. The smallest absolute Gasteiger partial charge is 0.243 e. The van der Waals surface area contributed by atoms with E-state index in [-0.39, 0.29) is 30.7 Å². The summed E-state index contributed by atoms with van der Waals surface area (Å²) in [7, 11) is 0. The molecule has 6 nitrogen and oxygen atoms in total. The Kier molecular flexibility index (Phi) is 7.49. The van der Waals surface area contributed by atoms with Crippen LogP contribution in [-0.4, -0.2) is 26.5 Å². The molecule has 3 N–H and O–H groups in total. The molecule has 0 aromatic carbocycles. The van der Waals surface area contributed by atoms with E-state index in [1.165, 1.54) is 0 Å². The van der Waals surface area contributed by atoms with Gasteiger partial charge in [0.25, 0.3) is 0 Å². The summed E-state index contributed by atoms with van der Waals surface area (Å²) >= 11 is 0. The first-order valence-electron chi connectivity index (χ1n) is 5.94. The molecule has 2 rings (SSSR count). The van der Waals surface area contributed by atoms with E-state index in [2.05, 4.69) is 15.5 Å². The molecule has 2 aromatic heterocycles. The number of rotatable bonds is 4. The Bertz CT molecular complexity index is 558. The van der Waals surface area contributed by atoms with Crippen LogP contribution in [0.2, 0.25) is 0 Å². The van der Waals surface area contributed by atoms with Crippen molar-refractivity contribution in [3.05, 3.63) is 24.4 Å². The molecule has 1 atom stereocenters. The monoisotopic (exact) mass is 319 g/mol. The minimum absolute atomic E-state index is 0. The molecule has 2 heterocycles. The lowest BCUT2D eigenvalue weighted by Crippen LogP contribution is -2.37. The molecule has 20 heavy (non-hydrogen) atoms. The Morgan fingerprint density at radius 1 is 1.35 bits per heavy atom. The van der Waals surface area contributed by atoms with Crippen molar-refractivity contribution < 1.29 is 4.79 Å². The molecule has 0 bridgehead atoms. The molecule has 0 fully saturated rings. The third kappa shape index (κ3) is 4.33. The van der Waals surface area contributed by atoms with Gasteiger partial charge in [-0.3, -0.25) is 14.5 Å². The van der Waals surface area contributed by atoms with Gasteiger partial charge in [-0.15, -0.1) is 35.0 Å². The number of amides is 1. The highest BCUT2D eigenvalue weighted by Gasteiger charge is 2.17. The van der Waals surface area contributed by atoms with E-state index >= 15 is 0 Å². The number of hydrogen-bond acceptors (Lipinski definition) is 4. The molecular formula is C12H19Cl2N5O. The third-order valence-corrected chi connectivity index (χ3v) is 2.61. The minimum Gasteiger partial charge on any atom is -0.320 e. The highest BCUT2D eigenvalue weighted by Crippen LogP contribution is 2.09. The number of halogens is 2. The number of anilines is 1. The number of nitrogens with one attached hydrogen (secondary N) is 1. The zero-order valence-electron chi connectivity index (χ0n) is 11.3. The van der Waals surface area contributed by atoms with E-state index in [9.17, 15) is 4.79 Å². The van der Waals surface area contributed by atoms with Crippen LogP contribution in [0.25, 0.3) is 5.65 Å². The second-order valence-corrected chi connectivity index (χ2v) is 4.68. The van der Waals surface area contributed by atoms with E-state index in [0.717, 1.165) is 0 Å². The average Bonchev–Trinajstić information content (AvgIpc) is 2.72. The molecule has 0 unspecified atom stereocenters. The maximum absolute atomic E-state index is 11.9. The van der Waals surface area contributed by atoms with Crippen molar-refractivity contribution in [1.82, 2.24) is 14.6 Å². The second-order valence-electron chi connectivity index (χ2n) is 4.68. The first-order valence-corrected chi connectivity index (χ1v) is 5.94. The fourth-order valence-electron chi connectivity index (χ4n) is 1.74. The molecule has 8 heteroatoms. The number of fused-ring (bicyclic) bond motifs is 1. The zero-order chi connectivity index (χ0) is 13.1. The first-order chi connectivity index (χ1) is 8.58. The number of nitrogens with zero attached hydrogens (tertiary/aromatic N) is 3. The van der Waals surface area contributed by atoms with Crippen molar-refractivity contribution in [3.63, 3.8) is 0 Å². The predicted octanol–water partition coefficient (Wildman–Crippen LogP) is 1.88. The molecule has 0 aliphatic heterocycles. The van der Waals surface area contributed by atoms with Gasteiger partial charge in [-0.2, -0.15) is 0 Å². The summed E-state index contributed by atoms with van der Waals surface area (Å²) in [6.07, 6.45) is 2.43. The quantitative estimate of drug-likeness (QED) is 0.901. The highest BCUT2D eigenvalue weighted by molar-refractivity contribution is 5.93. The Balaban J connectivity index is 0.00000180. The van der Waals surface area contributed by atoms with Crippen molar-refractivity contribution in [3.8, 4) is 0 Å². The number of carbonyl (C=O) groups is 1. The molecule has 0 radical (unpaired) electrons. The van der Waals surface area contributed by atoms with Gasteiger partial charge in [0.15, 0.2) is 5.65 Å². The Morgan fingerprint density at radius 3 is 2.70 bits per heavy atom. The van der Waals surface area contributed by atoms with Crippen LogP contribution in [0.15, 0.2) is 24.4 Å². The molecule has 2 aromatic rings. The fourth-order valence-corrected chi connectivity index (χ4v) is 1.74. The second kappa shape index (κ2) is 8.04. The number of aromatic nitrogens is 3. The van der Waals surface area contributed by atoms with E-state index in [1.807, 2.05) is 32.0 Å². The third-order valence-electron chi connectivity index (χ3n) is 2.61. The van der Waals surface area contributed by atoms with E-state index < -0.39 is 6.04 Å². The van der Waals surface area contributed by atoms with Gasteiger partial charge in [0.2, 0.25) is 11.9 Å². The summed E-state index contributed by atoms with van der Waals surface area (Å²) in [6.45, 7) is 4.05. The van der Waals surface area contributed by atoms with Crippen LogP contribution < -0.4 is 11.1 Å². The van der Waals surface area contributed by atoms with Crippen molar-refractivity contribution in [2.75, 3.05) is 5.32 Å². The van der Waals surface area contributed by atoms with Crippen LogP contribution in [0.1, 0.15) is 20.3 Å². The molecule has 1 amide bonds. The van der Waals surface area contributed by atoms with Gasteiger partial charge in [-0.05, 0) is 24.5 Å². The van der Waals surface area contributed by atoms with Crippen LogP contribution >= 0.6 is 24.8 Å². The van der Waals surface area contributed by atoms with Crippen molar-refractivity contribution >= 4 is 42.3 Å². The van der Waals surface area contributed by atoms with Crippen molar-refractivity contribution in [2.24, 2.45) is 11.7 Å². The Morgan fingerprint density at radius 2 is 2.05 bits per heavy atom. The van der Waals surface area contributed by atoms with Crippen LogP contribution in [0.5, 0.6) is 0 Å². The summed E-state index contributed by atoms with van der Waals surface area (Å²) < 4.78 is 1.71. The topological polar surface area (TPSA) is 85.3 Å². The van der Waals surface area contributed by atoms with Gasteiger partial charge >= 0.3 is 0 Å². The minimum atomic E-state index is -0.527. The maximum Gasteiger partial charge on any atom is 0.243 e. The highest BCUT2D eigenvalue weighted by atomic mass is 35.5. The molecule has 0 saturated heterocycles. The van der Waals surface area contributed by atoms with Gasteiger partial charge in [0.05, 0.1) is 6.04 Å². The Labute approximate surface area is 130 Å². The van der Waals surface area contributed by atoms with Crippen LogP contribution in [-0.2, 0) is 4.79 Å². The van der Waals surface area contributed by atoms with Crippen LogP contribution in [0.4, 0.5) is 5.95 Å². The SMILES string of the molecule is CC(C)C[C@H](N)C(=O)Nc1nnc2ccccn12.Cl.Cl. The lowest BCUT2D eigenvalue weighted by atomic mass is 10.0. The zero-order valence-corrected chi connectivity index (χ0v) is 12.9. The normalized spacial score (nSPS) is 11.6. The molecule has 0 aliphatic carbocycles. The van der Waals surface area contributed by atoms with E-state index in [1.54, 1.807) is 10.6 Å². The largest absolute Gasteiger partial charge is 0.320 e. The number of pyridine rings is 1. The summed E-state index contributed by atoms with van der Waals surface area (Å²) in [5.74, 6) is 0.539. The van der Waals surface area contributed by atoms with Gasteiger partial charge in [-0.25, -0.2) is 0 Å². The van der Waals surface area contributed by atoms with Crippen LogP contribution in [0, 0.1) is 5.92 Å². The predicted molar refractivity (Wildman–Crippen MR) is 83.5 cm³/mol. The molecule has 0 spiro atoms. The number of hydrogen-bond donors (Lipinski definition) is 2. The van der Waals surface area contributed by atoms with Gasteiger partial charge in [-0.1, -0.05) is 19.9 Å². The van der Waals surface area contributed by atoms with Crippen molar-refractivity contribution in [1.29, 1.82) is 0 Å². The van der Waals surface area contributed by atoms with Gasteiger partial charge < -0.3 is 5.73 Å². The summed E-state index contributed by atoms with van der Waals surface area (Å²) in [5, 5.41) is 10.6. The summed E-state index contributed by atoms with van der Waals surface area (Å²) in [6, 6.07) is 5.00. The number of nitrogens with two attached hydrogens (primary N) is 1. The maximum atomic E-state index is 11.9. The lowest BCUT2D eigenvalue weighted by Gasteiger charge is -2.12. The summed E-state index contributed by atoms with van der Waals surface area (Å²) in [4.78, 5) is 11.9. The fraction of sp³-hybridized carbons (Fsp3) is 0.417. The molecule has 112 valence electrons. The standard InChI is InChI=1S/C12H17N5O.2ClH/c1-8(2)7-9(13)11(18)14-12-16-15-10-5-3-4-6-17(10)12;;/h3-6,8-9H,7,13H2,1-2H3,(H,14,16,18);2*1H/t9-;;/m0../s1. The van der Waals surface area contributed by atoms with Crippen LogP contribution in [0.3, 0.4) is 0 Å². The van der Waals surface area contributed by atoms with E-state index in [0.29, 0.717) is 23.9 Å². The average molecular weight is 320 g/mol. The van der Waals surface area contributed by atoms with E-state index in [4.69, 9.17) is 5.73 Å². The Hall–Kier alpha value is -1.37. The number of carbonyl (C=O) groups excluding carboxylic acids is 1. The van der Waals surface area contributed by atoms with Gasteiger partial charge in [0.1, 0.15) is 0 Å².